The molecule has 1 aromatic carbocycles. The van der Waals surface area contributed by atoms with E-state index in [1.807, 2.05) is 6.92 Å². The Morgan fingerprint density at radius 2 is 2.15 bits per heavy atom. The van der Waals surface area contributed by atoms with Crippen molar-refractivity contribution in [3.8, 4) is 0 Å². The molecule has 0 bridgehead atoms. The van der Waals surface area contributed by atoms with Gasteiger partial charge in [0.2, 0.25) is 5.91 Å². The van der Waals surface area contributed by atoms with Crippen LogP contribution in [-0.4, -0.2) is 36.9 Å². The number of hydrogen-bond donors (Lipinski definition) is 2. The second-order valence-corrected chi connectivity index (χ2v) is 5.76. The van der Waals surface area contributed by atoms with Gasteiger partial charge in [0.1, 0.15) is 0 Å². The highest BCUT2D eigenvalue weighted by Gasteiger charge is 2.41. The van der Waals surface area contributed by atoms with Gasteiger partial charge in [0.05, 0.1) is 16.0 Å². The maximum Gasteiger partial charge on any atom is 0.255 e. The predicted molar refractivity (Wildman–Crippen MR) is 78.6 cm³/mol. The van der Waals surface area contributed by atoms with Crippen molar-refractivity contribution in [3.63, 3.8) is 0 Å². The molecule has 1 aliphatic rings. The Labute approximate surface area is 123 Å². The number of amides is 2. The summed E-state index contributed by atoms with van der Waals surface area (Å²) in [5.41, 5.74) is 6.02. The lowest BCUT2D eigenvalue weighted by Crippen LogP contribution is -2.40. The van der Waals surface area contributed by atoms with Gasteiger partial charge >= 0.3 is 0 Å². The molecule has 0 saturated carbocycles. The van der Waals surface area contributed by atoms with Gasteiger partial charge in [-0.2, -0.15) is 0 Å². The van der Waals surface area contributed by atoms with Gasteiger partial charge in [-0.25, -0.2) is 0 Å². The third-order valence-electron chi connectivity index (χ3n) is 3.76. The van der Waals surface area contributed by atoms with Crippen LogP contribution in [0.4, 0.5) is 5.69 Å². The molecule has 108 valence electrons. The van der Waals surface area contributed by atoms with Crippen LogP contribution >= 0.6 is 11.6 Å². The summed E-state index contributed by atoms with van der Waals surface area (Å²) in [4.78, 5) is 26.0. The first kappa shape index (κ1) is 14.7. The van der Waals surface area contributed by atoms with Crippen LogP contribution in [0.3, 0.4) is 0 Å². The van der Waals surface area contributed by atoms with E-state index in [0.717, 1.165) is 0 Å². The van der Waals surface area contributed by atoms with E-state index in [1.54, 1.807) is 30.1 Å². The van der Waals surface area contributed by atoms with Crippen LogP contribution in [0.5, 0.6) is 0 Å². The van der Waals surface area contributed by atoms with E-state index in [-0.39, 0.29) is 11.8 Å². The average Bonchev–Trinajstić information content (AvgIpc) is 2.81. The lowest BCUT2D eigenvalue weighted by Gasteiger charge is -2.23. The van der Waals surface area contributed by atoms with Crippen molar-refractivity contribution in [3.05, 3.63) is 28.8 Å². The molecule has 1 heterocycles. The fourth-order valence-corrected chi connectivity index (χ4v) is 2.77. The van der Waals surface area contributed by atoms with Crippen LogP contribution < -0.4 is 11.1 Å². The zero-order chi connectivity index (χ0) is 14.9. The minimum absolute atomic E-state index is 0.0452. The molecular weight excluding hydrogens is 278 g/mol. The maximum absolute atomic E-state index is 12.4. The molecule has 2 rings (SSSR count). The van der Waals surface area contributed by atoms with E-state index < -0.39 is 5.41 Å². The van der Waals surface area contributed by atoms with Gasteiger partial charge in [0.25, 0.3) is 5.91 Å². The normalized spacial score (nSPS) is 21.9. The summed E-state index contributed by atoms with van der Waals surface area (Å²) in [5.74, 6) is -0.209. The van der Waals surface area contributed by atoms with Crippen LogP contribution in [0.1, 0.15) is 23.7 Å². The molecule has 1 atom stereocenters. The minimum Gasteiger partial charge on any atom is -0.399 e. The van der Waals surface area contributed by atoms with Gasteiger partial charge in [0.15, 0.2) is 0 Å². The summed E-state index contributed by atoms with van der Waals surface area (Å²) in [5, 5.41) is 2.98. The van der Waals surface area contributed by atoms with Crippen molar-refractivity contribution in [2.24, 2.45) is 5.41 Å². The fourth-order valence-electron chi connectivity index (χ4n) is 2.50. The molecule has 0 spiro atoms. The quantitative estimate of drug-likeness (QED) is 0.812. The third kappa shape index (κ3) is 2.58. The highest BCUT2D eigenvalue weighted by Crippen LogP contribution is 2.32. The largest absolute Gasteiger partial charge is 0.399 e. The highest BCUT2D eigenvalue weighted by atomic mass is 35.5. The molecule has 1 saturated heterocycles. The second kappa shape index (κ2) is 5.32. The summed E-state index contributed by atoms with van der Waals surface area (Å²) >= 11 is 6.06. The number of anilines is 1. The SMILES string of the molecule is CNC(=O)C1(C)CCN(C(=O)c2ccc(N)cc2Cl)C1. The lowest BCUT2D eigenvalue weighted by atomic mass is 9.89. The number of nitrogen functional groups attached to an aromatic ring is 1. The monoisotopic (exact) mass is 295 g/mol. The molecule has 0 aliphatic carbocycles. The van der Waals surface area contributed by atoms with Crippen molar-refractivity contribution in [2.45, 2.75) is 13.3 Å². The van der Waals surface area contributed by atoms with Crippen LogP contribution in [0, 0.1) is 5.41 Å². The molecule has 5 nitrogen and oxygen atoms in total. The Hall–Kier alpha value is -1.75. The molecule has 3 N–H and O–H groups in total. The molecule has 1 aromatic rings. The number of carbonyl (C=O) groups is 2. The Bertz CT molecular complexity index is 561. The minimum atomic E-state index is -0.537. The van der Waals surface area contributed by atoms with Crippen LogP contribution in [0.15, 0.2) is 18.2 Å². The van der Waals surface area contributed by atoms with Crippen molar-refractivity contribution in [1.82, 2.24) is 10.2 Å². The zero-order valence-corrected chi connectivity index (χ0v) is 12.3. The van der Waals surface area contributed by atoms with Gasteiger partial charge in [0, 0.05) is 25.8 Å². The number of nitrogens with two attached hydrogens (primary N) is 1. The molecule has 0 aromatic heterocycles. The summed E-state index contributed by atoms with van der Waals surface area (Å²) in [6.07, 6.45) is 0.644. The van der Waals surface area contributed by atoms with Crippen molar-refractivity contribution >= 4 is 29.1 Å². The molecule has 1 unspecified atom stereocenters. The standard InChI is InChI=1S/C14H18ClN3O2/c1-14(13(20)17-2)5-6-18(8-14)12(19)10-4-3-9(16)7-11(10)15/h3-4,7H,5-6,8,16H2,1-2H3,(H,17,20). The lowest BCUT2D eigenvalue weighted by molar-refractivity contribution is -0.128. The molecule has 0 radical (unpaired) electrons. The number of nitrogens with zero attached hydrogens (tertiary/aromatic N) is 1. The molecule has 1 fully saturated rings. The van der Waals surface area contributed by atoms with E-state index in [4.69, 9.17) is 17.3 Å². The van der Waals surface area contributed by atoms with E-state index in [9.17, 15) is 9.59 Å². The second-order valence-electron chi connectivity index (χ2n) is 5.36. The number of halogens is 1. The van der Waals surface area contributed by atoms with Gasteiger partial charge in [-0.1, -0.05) is 11.6 Å². The Morgan fingerprint density at radius 1 is 1.45 bits per heavy atom. The smallest absolute Gasteiger partial charge is 0.255 e. The Balaban J connectivity index is 2.18. The number of nitrogens with one attached hydrogen (secondary N) is 1. The number of rotatable bonds is 2. The summed E-state index contributed by atoms with van der Waals surface area (Å²) in [7, 11) is 1.61. The first-order valence-electron chi connectivity index (χ1n) is 6.44. The third-order valence-corrected chi connectivity index (χ3v) is 4.07. The Morgan fingerprint density at radius 3 is 2.75 bits per heavy atom. The first-order chi connectivity index (χ1) is 9.37. The fraction of sp³-hybridized carbons (Fsp3) is 0.429. The van der Waals surface area contributed by atoms with E-state index in [0.29, 0.717) is 35.8 Å². The molecule has 2 amide bonds. The Kier molecular flexibility index (Phi) is 3.90. The van der Waals surface area contributed by atoms with Gasteiger partial charge in [-0.05, 0) is 31.5 Å². The molecule has 1 aliphatic heterocycles. The van der Waals surface area contributed by atoms with Crippen molar-refractivity contribution in [1.29, 1.82) is 0 Å². The zero-order valence-electron chi connectivity index (χ0n) is 11.6. The van der Waals surface area contributed by atoms with E-state index >= 15 is 0 Å². The van der Waals surface area contributed by atoms with Crippen LogP contribution in [-0.2, 0) is 4.79 Å². The number of carbonyl (C=O) groups excluding carboxylic acids is 2. The molecule has 6 heteroatoms. The van der Waals surface area contributed by atoms with Gasteiger partial charge < -0.3 is 16.0 Å². The van der Waals surface area contributed by atoms with Crippen LogP contribution in [0.2, 0.25) is 5.02 Å². The van der Waals surface area contributed by atoms with Gasteiger partial charge in [-0.3, -0.25) is 9.59 Å². The number of hydrogen-bond acceptors (Lipinski definition) is 3. The van der Waals surface area contributed by atoms with Crippen molar-refractivity contribution < 1.29 is 9.59 Å². The summed E-state index contributed by atoms with van der Waals surface area (Å²) in [6, 6.07) is 4.82. The average molecular weight is 296 g/mol. The van der Waals surface area contributed by atoms with E-state index in [1.165, 1.54) is 0 Å². The summed E-state index contributed by atoms with van der Waals surface area (Å²) < 4.78 is 0. The number of benzene rings is 1. The topological polar surface area (TPSA) is 75.4 Å². The van der Waals surface area contributed by atoms with Crippen molar-refractivity contribution in [2.75, 3.05) is 25.9 Å². The summed E-state index contributed by atoms with van der Waals surface area (Å²) in [6.45, 7) is 2.80. The highest BCUT2D eigenvalue weighted by molar-refractivity contribution is 6.34. The maximum atomic E-state index is 12.4. The first-order valence-corrected chi connectivity index (χ1v) is 6.82. The van der Waals surface area contributed by atoms with Gasteiger partial charge in [-0.15, -0.1) is 0 Å². The predicted octanol–water partition coefficient (Wildman–Crippen LogP) is 1.52. The molecular formula is C14H18ClN3O2. The molecule has 20 heavy (non-hydrogen) atoms. The number of likely N-dealkylation sites (tertiary alicyclic amines) is 1. The van der Waals surface area contributed by atoms with E-state index in [2.05, 4.69) is 5.32 Å². The van der Waals surface area contributed by atoms with Crippen LogP contribution in [0.25, 0.3) is 0 Å².